The highest BCUT2D eigenvalue weighted by atomic mass is 16.2. The highest BCUT2D eigenvalue weighted by Crippen LogP contribution is 2.33. The number of imide groups is 1. The van der Waals surface area contributed by atoms with Gasteiger partial charge in [0, 0.05) is 6.54 Å². The zero-order chi connectivity index (χ0) is 14.3. The Labute approximate surface area is 115 Å². The van der Waals surface area contributed by atoms with E-state index in [2.05, 4.69) is 5.32 Å². The Morgan fingerprint density at radius 3 is 2.20 bits per heavy atom. The van der Waals surface area contributed by atoms with Gasteiger partial charge in [0.25, 0.3) is 17.7 Å². The Balaban J connectivity index is 2.08. The third-order valence-corrected chi connectivity index (χ3v) is 3.87. The number of carbonyl (C=O) groups is 3. The van der Waals surface area contributed by atoms with E-state index in [0.717, 1.165) is 11.3 Å². The van der Waals surface area contributed by atoms with Crippen LogP contribution in [-0.4, -0.2) is 34.8 Å². The highest BCUT2D eigenvalue weighted by molar-refractivity contribution is 6.23. The van der Waals surface area contributed by atoms with E-state index in [1.54, 1.807) is 24.3 Å². The number of benzene rings is 1. The molecule has 1 saturated heterocycles. The molecule has 6 heteroatoms. The summed E-state index contributed by atoms with van der Waals surface area (Å²) in [5.41, 5.74) is 4.55. The smallest absolute Gasteiger partial charge is 0.263 e. The van der Waals surface area contributed by atoms with Crippen molar-refractivity contribution < 1.29 is 14.4 Å². The summed E-state index contributed by atoms with van der Waals surface area (Å²) < 4.78 is 0. The number of nitrogens with zero attached hydrogens (tertiary/aromatic N) is 2. The van der Waals surface area contributed by atoms with Crippen molar-refractivity contribution in [2.45, 2.75) is 24.9 Å². The molecule has 20 heavy (non-hydrogen) atoms. The standard InChI is InChI=1S/C14H14N3O3/c15-13(20)14(7-3-4-8-16-14)17-11(18)9-5-1-2-6-10(9)12(17)19/h1-2,5-6H,3-4,7-8H2,(H2,15,20). The van der Waals surface area contributed by atoms with Crippen molar-refractivity contribution in [2.75, 3.05) is 6.54 Å². The summed E-state index contributed by atoms with van der Waals surface area (Å²) in [6.07, 6.45) is 1.84. The highest BCUT2D eigenvalue weighted by Gasteiger charge is 2.53. The lowest BCUT2D eigenvalue weighted by molar-refractivity contribution is -0.131. The Kier molecular flexibility index (Phi) is 2.83. The second-order valence-corrected chi connectivity index (χ2v) is 5.01. The zero-order valence-electron chi connectivity index (χ0n) is 10.8. The normalized spacial score (nSPS) is 25.7. The van der Waals surface area contributed by atoms with Crippen molar-refractivity contribution in [1.29, 1.82) is 0 Å². The van der Waals surface area contributed by atoms with Crippen LogP contribution in [0.4, 0.5) is 0 Å². The molecular weight excluding hydrogens is 258 g/mol. The van der Waals surface area contributed by atoms with E-state index in [0.29, 0.717) is 30.5 Å². The fourth-order valence-corrected chi connectivity index (χ4v) is 2.85. The van der Waals surface area contributed by atoms with Crippen molar-refractivity contribution in [1.82, 2.24) is 10.2 Å². The average Bonchev–Trinajstić information content (AvgIpc) is 2.72. The van der Waals surface area contributed by atoms with E-state index in [9.17, 15) is 14.4 Å². The number of amides is 3. The van der Waals surface area contributed by atoms with E-state index >= 15 is 0 Å². The van der Waals surface area contributed by atoms with Crippen LogP contribution in [0.3, 0.4) is 0 Å². The van der Waals surface area contributed by atoms with E-state index in [-0.39, 0.29) is 0 Å². The molecule has 6 nitrogen and oxygen atoms in total. The maximum Gasteiger partial charge on any atom is 0.263 e. The number of nitrogens with two attached hydrogens (primary N) is 1. The summed E-state index contributed by atoms with van der Waals surface area (Å²) in [5, 5.41) is 4.24. The molecule has 103 valence electrons. The van der Waals surface area contributed by atoms with Gasteiger partial charge >= 0.3 is 0 Å². The van der Waals surface area contributed by atoms with Crippen molar-refractivity contribution in [3.05, 3.63) is 35.4 Å². The fraction of sp³-hybridized carbons (Fsp3) is 0.357. The number of fused-ring (bicyclic) bond motifs is 1. The van der Waals surface area contributed by atoms with Crippen LogP contribution in [0.5, 0.6) is 0 Å². The van der Waals surface area contributed by atoms with E-state index in [1.165, 1.54) is 0 Å². The Bertz CT molecular complexity index is 570. The van der Waals surface area contributed by atoms with Crippen LogP contribution in [-0.2, 0) is 4.79 Å². The van der Waals surface area contributed by atoms with Crippen LogP contribution in [0.2, 0.25) is 0 Å². The van der Waals surface area contributed by atoms with Crippen LogP contribution in [0.25, 0.3) is 0 Å². The minimum absolute atomic E-state index is 0.299. The number of carbonyl (C=O) groups excluding carboxylic acids is 3. The minimum Gasteiger partial charge on any atom is -0.366 e. The number of piperidine rings is 1. The van der Waals surface area contributed by atoms with Gasteiger partial charge in [0.05, 0.1) is 11.1 Å². The monoisotopic (exact) mass is 272 g/mol. The maximum absolute atomic E-state index is 12.5. The number of hydrogen-bond acceptors (Lipinski definition) is 3. The van der Waals surface area contributed by atoms with Gasteiger partial charge in [-0.25, -0.2) is 10.2 Å². The van der Waals surface area contributed by atoms with E-state index in [4.69, 9.17) is 5.73 Å². The number of rotatable bonds is 2. The molecule has 2 aliphatic rings. The number of primary amides is 1. The lowest BCUT2D eigenvalue weighted by atomic mass is 9.95. The third-order valence-electron chi connectivity index (χ3n) is 3.87. The quantitative estimate of drug-likeness (QED) is 0.782. The SMILES string of the molecule is NC(=O)C1(N2C(=O)c3ccccc3C2=O)CCCC[N]1. The molecule has 1 radical (unpaired) electrons. The minimum atomic E-state index is -1.52. The number of hydrogen-bond donors (Lipinski definition) is 1. The van der Waals surface area contributed by atoms with Crippen LogP contribution in [0, 0.1) is 0 Å². The second kappa shape index (κ2) is 4.42. The molecule has 1 aromatic carbocycles. The van der Waals surface area contributed by atoms with Crippen molar-refractivity contribution in [2.24, 2.45) is 5.73 Å². The molecule has 1 fully saturated rings. The molecule has 0 aromatic heterocycles. The molecule has 3 rings (SSSR count). The average molecular weight is 272 g/mol. The first kappa shape index (κ1) is 12.8. The molecule has 0 aliphatic carbocycles. The predicted octanol–water partition coefficient (Wildman–Crippen LogP) is 0.252. The van der Waals surface area contributed by atoms with Gasteiger partial charge < -0.3 is 5.73 Å². The molecule has 0 saturated carbocycles. The second-order valence-electron chi connectivity index (χ2n) is 5.01. The molecule has 2 aliphatic heterocycles. The first-order valence-electron chi connectivity index (χ1n) is 6.54. The topological polar surface area (TPSA) is 94.6 Å². The maximum atomic E-state index is 12.5. The molecule has 1 atom stereocenters. The summed E-state index contributed by atoms with van der Waals surface area (Å²) in [6, 6.07) is 6.52. The Morgan fingerprint density at radius 1 is 1.15 bits per heavy atom. The molecule has 1 unspecified atom stereocenters. The van der Waals surface area contributed by atoms with Gasteiger partial charge in [-0.2, -0.15) is 0 Å². The van der Waals surface area contributed by atoms with Crippen molar-refractivity contribution in [3.63, 3.8) is 0 Å². The molecule has 3 amide bonds. The molecule has 0 bridgehead atoms. The third kappa shape index (κ3) is 1.58. The van der Waals surface area contributed by atoms with Crippen LogP contribution < -0.4 is 11.1 Å². The van der Waals surface area contributed by atoms with E-state index in [1.807, 2.05) is 0 Å². The lowest BCUT2D eigenvalue weighted by Crippen LogP contribution is -2.66. The van der Waals surface area contributed by atoms with Crippen molar-refractivity contribution >= 4 is 17.7 Å². The van der Waals surface area contributed by atoms with E-state index < -0.39 is 23.4 Å². The molecule has 2 heterocycles. The van der Waals surface area contributed by atoms with Gasteiger partial charge in [-0.3, -0.25) is 14.4 Å². The Morgan fingerprint density at radius 2 is 1.75 bits per heavy atom. The summed E-state index contributed by atoms with van der Waals surface area (Å²) in [7, 11) is 0. The first-order chi connectivity index (χ1) is 9.58. The van der Waals surface area contributed by atoms with Gasteiger partial charge in [0.2, 0.25) is 0 Å². The molecule has 0 spiro atoms. The van der Waals surface area contributed by atoms with Crippen LogP contribution in [0.15, 0.2) is 24.3 Å². The molecular formula is C14H14N3O3. The molecule has 1 aromatic rings. The predicted molar refractivity (Wildman–Crippen MR) is 69.7 cm³/mol. The van der Waals surface area contributed by atoms with Gasteiger partial charge in [-0.05, 0) is 31.4 Å². The zero-order valence-corrected chi connectivity index (χ0v) is 10.8. The summed E-state index contributed by atoms with van der Waals surface area (Å²) >= 11 is 0. The fourth-order valence-electron chi connectivity index (χ4n) is 2.85. The van der Waals surface area contributed by atoms with Gasteiger partial charge in [0.1, 0.15) is 0 Å². The first-order valence-corrected chi connectivity index (χ1v) is 6.54. The summed E-state index contributed by atoms with van der Waals surface area (Å²) in [5.74, 6) is -1.73. The molecule has 2 N–H and O–H groups in total. The van der Waals surface area contributed by atoms with Gasteiger partial charge in [0.15, 0.2) is 5.66 Å². The summed E-state index contributed by atoms with van der Waals surface area (Å²) in [6.45, 7) is 0.427. The van der Waals surface area contributed by atoms with Crippen molar-refractivity contribution in [3.8, 4) is 0 Å². The largest absolute Gasteiger partial charge is 0.366 e. The van der Waals surface area contributed by atoms with Crippen LogP contribution >= 0.6 is 0 Å². The Hall–Kier alpha value is -2.21. The summed E-state index contributed by atoms with van der Waals surface area (Å²) in [4.78, 5) is 37.7. The lowest BCUT2D eigenvalue weighted by Gasteiger charge is -2.39. The van der Waals surface area contributed by atoms with Crippen LogP contribution in [0.1, 0.15) is 40.0 Å². The van der Waals surface area contributed by atoms with Gasteiger partial charge in [-0.15, -0.1) is 0 Å². The van der Waals surface area contributed by atoms with Gasteiger partial charge in [-0.1, -0.05) is 12.1 Å².